The summed E-state index contributed by atoms with van der Waals surface area (Å²) in [5, 5.41) is 6.92. The van der Waals surface area contributed by atoms with Crippen LogP contribution in [0.15, 0.2) is 73.1 Å². The van der Waals surface area contributed by atoms with Crippen molar-refractivity contribution in [2.75, 3.05) is 64.8 Å². The van der Waals surface area contributed by atoms with Gasteiger partial charge in [0.25, 0.3) is 17.7 Å². The molecule has 3 fully saturated rings. The van der Waals surface area contributed by atoms with Crippen LogP contribution in [0.25, 0.3) is 27.6 Å². The van der Waals surface area contributed by atoms with Crippen molar-refractivity contribution in [2.45, 2.75) is 63.5 Å². The molecule has 20 heteroatoms. The summed E-state index contributed by atoms with van der Waals surface area (Å²) in [4.78, 5) is 72.9. The number of amides is 6. The number of carbonyl (C=O) groups is 5. The van der Waals surface area contributed by atoms with Crippen LogP contribution in [0.1, 0.15) is 71.4 Å². The van der Waals surface area contributed by atoms with Gasteiger partial charge < -0.3 is 19.7 Å². The zero-order valence-electron chi connectivity index (χ0n) is 38.1. The Balaban J connectivity index is 0.000000190. The van der Waals surface area contributed by atoms with Crippen LogP contribution in [-0.2, 0) is 16.1 Å². The number of fused-ring (bicyclic) bond motifs is 1. The Kier molecular flexibility index (Phi) is 14.5. The van der Waals surface area contributed by atoms with Crippen LogP contribution >= 0.6 is 11.6 Å². The number of benzene rings is 3. The molecule has 2 N–H and O–H groups in total. The normalized spacial score (nSPS) is 17.9. The van der Waals surface area contributed by atoms with E-state index in [1.54, 1.807) is 65.2 Å². The molecule has 69 heavy (non-hydrogen) atoms. The average molecular weight is 976 g/mol. The maximum absolute atomic E-state index is 16.0. The molecule has 2 aromatic heterocycles. The first kappa shape index (κ1) is 48.8. The van der Waals surface area contributed by atoms with Gasteiger partial charge in [-0.3, -0.25) is 39.0 Å². The van der Waals surface area contributed by atoms with E-state index in [4.69, 9.17) is 11.6 Å². The van der Waals surface area contributed by atoms with Crippen LogP contribution in [0.3, 0.4) is 0 Å². The number of hydrogen-bond acceptors (Lipinski definition) is 7. The van der Waals surface area contributed by atoms with E-state index >= 15 is 4.39 Å². The van der Waals surface area contributed by atoms with E-state index < -0.39 is 35.3 Å². The molecule has 3 aromatic carbocycles. The Morgan fingerprint density at radius 3 is 2.41 bits per heavy atom. The third-order valence-corrected chi connectivity index (χ3v) is 13.2. The Morgan fingerprint density at radius 2 is 1.70 bits per heavy atom. The van der Waals surface area contributed by atoms with Crippen molar-refractivity contribution in [1.29, 1.82) is 0 Å². The molecule has 0 unspecified atom stereocenters. The second-order valence-corrected chi connectivity index (χ2v) is 18.2. The van der Waals surface area contributed by atoms with Crippen LogP contribution in [0.2, 0.25) is 5.02 Å². The molecule has 4 aliphatic rings. The number of nitrogens with one attached hydrogen (secondary N) is 2. The third kappa shape index (κ3) is 11.0. The molecule has 0 atom stereocenters. The molecule has 14 nitrogen and oxygen atoms in total. The molecule has 0 radical (unpaired) electrons. The minimum Gasteiger partial charge on any atom is -0.348 e. The first-order valence-electron chi connectivity index (χ1n) is 22.8. The second-order valence-electron chi connectivity index (χ2n) is 17.8. The van der Waals surface area contributed by atoms with Gasteiger partial charge in [-0.15, -0.1) is 0 Å². The number of aryl methyl sites for hydroxylation is 1. The topological polar surface area (TPSA) is 147 Å². The zero-order valence-corrected chi connectivity index (χ0v) is 38.8. The van der Waals surface area contributed by atoms with Crippen molar-refractivity contribution in [3.63, 3.8) is 0 Å². The highest BCUT2D eigenvalue weighted by atomic mass is 35.5. The molecule has 0 spiro atoms. The summed E-state index contributed by atoms with van der Waals surface area (Å²) in [5.74, 6) is -5.60. The number of carbonyl (C=O) groups excluding carboxylic acids is 5. The van der Waals surface area contributed by atoms with Gasteiger partial charge in [0.2, 0.25) is 11.8 Å². The van der Waals surface area contributed by atoms with E-state index in [1.165, 1.54) is 21.9 Å². The van der Waals surface area contributed by atoms with Gasteiger partial charge in [-0.1, -0.05) is 17.7 Å². The maximum atomic E-state index is 16.0. The smallest absolute Gasteiger partial charge is 0.328 e. The van der Waals surface area contributed by atoms with Gasteiger partial charge in [-0.25, -0.2) is 26.7 Å². The van der Waals surface area contributed by atoms with E-state index in [1.807, 2.05) is 11.0 Å². The van der Waals surface area contributed by atoms with Gasteiger partial charge >= 0.3 is 6.03 Å². The third-order valence-electron chi connectivity index (χ3n) is 12.9. The predicted octanol–water partition coefficient (Wildman–Crippen LogP) is 7.98. The molecule has 364 valence electrons. The molecule has 0 bridgehead atoms. The first-order chi connectivity index (χ1) is 33.0. The first-order valence-corrected chi connectivity index (χ1v) is 23.1. The largest absolute Gasteiger partial charge is 0.348 e. The predicted molar refractivity (Wildman–Crippen MR) is 249 cm³/mol. The highest BCUT2D eigenvalue weighted by molar-refractivity contribution is 6.34. The molecule has 9 rings (SSSR count). The second kappa shape index (κ2) is 20.6. The van der Waals surface area contributed by atoms with Crippen molar-refractivity contribution in [3.05, 3.63) is 112 Å². The fraction of sp³-hybridized carbons (Fsp3) is 0.388. The summed E-state index contributed by atoms with van der Waals surface area (Å²) >= 11 is 6.25. The summed E-state index contributed by atoms with van der Waals surface area (Å²) in [7, 11) is 3.13. The molecule has 6 heterocycles. The molecule has 5 aromatic rings. The summed E-state index contributed by atoms with van der Waals surface area (Å²) in [5.41, 5.74) is 1.80. The van der Waals surface area contributed by atoms with E-state index in [2.05, 4.69) is 15.4 Å². The Morgan fingerprint density at radius 1 is 0.913 bits per heavy atom. The number of halogens is 6. The van der Waals surface area contributed by atoms with Crippen LogP contribution < -0.4 is 10.2 Å². The Bertz CT molecular complexity index is 2810. The lowest BCUT2D eigenvalue weighted by Gasteiger charge is -2.42. The monoisotopic (exact) mass is 975 g/mol. The Hall–Kier alpha value is -6.60. The number of aromatic amines is 1. The lowest BCUT2D eigenvalue weighted by atomic mass is 9.93. The maximum Gasteiger partial charge on any atom is 0.328 e. The molecule has 0 aliphatic carbocycles. The van der Waals surface area contributed by atoms with Crippen LogP contribution in [0, 0.1) is 17.5 Å². The summed E-state index contributed by atoms with van der Waals surface area (Å²) in [6.07, 6.45) is 7.92. The number of imide groups is 1. The lowest BCUT2D eigenvalue weighted by Crippen LogP contribution is -2.52. The van der Waals surface area contributed by atoms with E-state index in [-0.39, 0.29) is 95.9 Å². The summed E-state index contributed by atoms with van der Waals surface area (Å²) in [6, 6.07) is 12.0. The van der Waals surface area contributed by atoms with E-state index in [9.17, 15) is 41.5 Å². The summed E-state index contributed by atoms with van der Waals surface area (Å²) < 4.78 is 74.2. The van der Waals surface area contributed by atoms with Crippen molar-refractivity contribution >= 4 is 63.4 Å². The number of aromatic nitrogens is 3. The quantitative estimate of drug-likeness (QED) is 0.143. The van der Waals surface area contributed by atoms with Gasteiger partial charge in [0.05, 0.1) is 22.8 Å². The molecule has 4 aliphatic heterocycles. The van der Waals surface area contributed by atoms with Crippen LogP contribution in [0.5, 0.6) is 0 Å². The zero-order chi connectivity index (χ0) is 49.1. The van der Waals surface area contributed by atoms with Crippen LogP contribution in [0.4, 0.5) is 32.4 Å². The molecule has 0 saturated carbocycles. The molecular weight excluding hydrogens is 925 g/mol. The van der Waals surface area contributed by atoms with E-state index in [0.717, 1.165) is 18.2 Å². The minimum atomic E-state index is -2.63. The Labute approximate surface area is 399 Å². The summed E-state index contributed by atoms with van der Waals surface area (Å²) in [6.45, 7) is 2.71. The fourth-order valence-electron chi connectivity index (χ4n) is 9.30. The van der Waals surface area contributed by atoms with Gasteiger partial charge in [0, 0.05) is 113 Å². The number of urea groups is 1. The van der Waals surface area contributed by atoms with Gasteiger partial charge in [-0.2, -0.15) is 5.10 Å². The standard InChI is InChI=1S/C28H26F3N5O2.C21H25ClF2N4O3/c1-34(2)28(38)24-15-22-20(21-13-18(29)6-7-23(21)30)14-19(26(31)27(22)33-24)17-5-3-10-35(16-17)25(37)8-12-36-11-4-9-32-36;22-16-3-2-14(12-17(16)28-11-6-18(29)25-20(28)31)19(30)26-9-4-15(5-10-26)27-8-1-7-21(23,24)13-27/h4-7,9,11,13-15,33H,3,8,10,12,16H2,1-2H3;2-3,12,15H,1,4-11,13H2,(H,25,29,31). The van der Waals surface area contributed by atoms with Crippen LogP contribution in [-0.4, -0.2) is 136 Å². The average Bonchev–Trinajstić information content (AvgIpc) is 4.03. The lowest BCUT2D eigenvalue weighted by molar-refractivity contribution is -0.131. The number of hydrogen-bond donors (Lipinski definition) is 2. The number of nitrogens with zero attached hydrogens (tertiary/aromatic N) is 7. The van der Waals surface area contributed by atoms with Crippen molar-refractivity contribution in [3.8, 4) is 11.1 Å². The van der Waals surface area contributed by atoms with Crippen molar-refractivity contribution < 1.29 is 45.9 Å². The number of alkyl halides is 2. The fourth-order valence-corrected chi connectivity index (χ4v) is 9.52. The number of likely N-dealkylation sites (tertiary alicyclic amines) is 2. The highest BCUT2D eigenvalue weighted by Crippen LogP contribution is 2.39. The number of rotatable bonds is 9. The van der Waals surface area contributed by atoms with Gasteiger partial charge in [0.15, 0.2) is 5.82 Å². The number of H-pyrrole nitrogens is 1. The van der Waals surface area contributed by atoms with Crippen molar-refractivity contribution in [1.82, 2.24) is 39.7 Å². The highest BCUT2D eigenvalue weighted by Gasteiger charge is 2.39. The van der Waals surface area contributed by atoms with Gasteiger partial charge in [0.1, 0.15) is 17.3 Å². The molecule has 6 amide bonds. The minimum absolute atomic E-state index is 0.00870. The molecule has 3 saturated heterocycles. The number of anilines is 1. The number of piperidine rings is 2. The van der Waals surface area contributed by atoms with Gasteiger partial charge in [-0.05, 0) is 98.0 Å². The van der Waals surface area contributed by atoms with Crippen molar-refractivity contribution in [2.24, 2.45) is 0 Å². The molecular formula is C49H51ClF5N9O5. The SMILES string of the molecule is CN(C)C(=O)c1cc2c(-c3cc(F)ccc3F)cc(C3=CCCN(C(=O)CCn4cccn4)C3)c(F)c2[nH]1.O=C1CCN(c2cc(C(=O)N3CCC(N4CCCC(F)(F)C4)CC3)ccc2Cl)C(=O)N1. The van der Waals surface area contributed by atoms with E-state index in [0.29, 0.717) is 80.3 Å².